The number of nitrogens with one attached hydrogen (secondary N) is 2. The van der Waals surface area contributed by atoms with Crippen molar-refractivity contribution in [3.05, 3.63) is 24.2 Å². The van der Waals surface area contributed by atoms with Crippen molar-refractivity contribution in [1.82, 2.24) is 15.5 Å². The van der Waals surface area contributed by atoms with Crippen molar-refractivity contribution in [1.29, 1.82) is 0 Å². The van der Waals surface area contributed by atoms with Crippen LogP contribution in [0.15, 0.2) is 27.8 Å². The largest absolute Gasteiger partial charge is 0.468 e. The van der Waals surface area contributed by atoms with Gasteiger partial charge in [-0.25, -0.2) is 0 Å². The summed E-state index contributed by atoms with van der Waals surface area (Å²) >= 11 is 0. The van der Waals surface area contributed by atoms with Crippen molar-refractivity contribution >= 4 is 5.96 Å². The molecule has 5 nitrogen and oxygen atoms in total. The Morgan fingerprint density at radius 2 is 2.00 bits per heavy atom. The maximum Gasteiger partial charge on any atom is 0.191 e. The molecule has 0 bridgehead atoms. The number of furan rings is 1. The minimum atomic E-state index is 0.160. The van der Waals surface area contributed by atoms with E-state index in [9.17, 15) is 0 Å². The number of guanidine groups is 1. The third-order valence-electron chi connectivity index (χ3n) is 2.61. The van der Waals surface area contributed by atoms with E-state index in [2.05, 4.69) is 34.4 Å². The van der Waals surface area contributed by atoms with Crippen LogP contribution in [0.1, 0.15) is 25.6 Å². The zero-order chi connectivity index (χ0) is 13.4. The molecule has 18 heavy (non-hydrogen) atoms. The Balaban J connectivity index is 2.68. The van der Waals surface area contributed by atoms with E-state index in [1.54, 1.807) is 6.26 Å². The lowest BCUT2D eigenvalue weighted by Gasteiger charge is -2.21. The predicted molar refractivity (Wildman–Crippen MR) is 74.8 cm³/mol. The van der Waals surface area contributed by atoms with Crippen molar-refractivity contribution < 1.29 is 4.42 Å². The standard InChI is InChI=1S/C13H24N4O/c1-5-14-13(15-6-2)16-10-11(17(3)4)12-8-7-9-18-12/h7-9,11H,5-6,10H2,1-4H3,(H2,14,15,16). The molecule has 0 fully saturated rings. The van der Waals surface area contributed by atoms with Gasteiger partial charge in [0.05, 0.1) is 18.8 Å². The monoisotopic (exact) mass is 252 g/mol. The number of hydrogen-bond donors (Lipinski definition) is 2. The molecule has 0 spiro atoms. The summed E-state index contributed by atoms with van der Waals surface area (Å²) in [6.45, 7) is 6.50. The molecule has 0 radical (unpaired) electrons. The highest BCUT2D eigenvalue weighted by atomic mass is 16.3. The molecule has 0 aliphatic rings. The van der Waals surface area contributed by atoms with E-state index in [4.69, 9.17) is 4.42 Å². The lowest BCUT2D eigenvalue weighted by Crippen LogP contribution is -2.37. The minimum Gasteiger partial charge on any atom is -0.468 e. The van der Waals surface area contributed by atoms with Crippen molar-refractivity contribution in [2.75, 3.05) is 33.7 Å². The highest BCUT2D eigenvalue weighted by Gasteiger charge is 2.16. The molecular weight excluding hydrogens is 228 g/mol. The number of aliphatic imine (C=N–C) groups is 1. The molecule has 2 N–H and O–H groups in total. The van der Waals surface area contributed by atoms with Crippen molar-refractivity contribution in [3.63, 3.8) is 0 Å². The van der Waals surface area contributed by atoms with Gasteiger partial charge >= 0.3 is 0 Å². The molecule has 5 heteroatoms. The summed E-state index contributed by atoms with van der Waals surface area (Å²) in [5.74, 6) is 1.79. The second-order valence-electron chi connectivity index (χ2n) is 4.24. The van der Waals surface area contributed by atoms with Gasteiger partial charge in [-0.05, 0) is 40.1 Å². The fourth-order valence-electron chi connectivity index (χ4n) is 1.68. The summed E-state index contributed by atoms with van der Waals surface area (Å²) < 4.78 is 5.46. The van der Waals surface area contributed by atoms with Gasteiger partial charge in [0.2, 0.25) is 0 Å². The van der Waals surface area contributed by atoms with E-state index in [0.717, 1.165) is 24.8 Å². The molecule has 1 aromatic heterocycles. The second kappa shape index (κ2) is 7.76. The average molecular weight is 252 g/mol. The van der Waals surface area contributed by atoms with E-state index in [-0.39, 0.29) is 6.04 Å². The van der Waals surface area contributed by atoms with Crippen molar-refractivity contribution in [2.45, 2.75) is 19.9 Å². The molecule has 0 saturated heterocycles. The SMILES string of the molecule is CCNC(=NCC(c1ccco1)N(C)C)NCC. The fourth-order valence-corrected chi connectivity index (χ4v) is 1.68. The lowest BCUT2D eigenvalue weighted by molar-refractivity contribution is 0.265. The van der Waals surface area contributed by atoms with Crippen LogP contribution in [0, 0.1) is 0 Å². The first kappa shape index (κ1) is 14.6. The summed E-state index contributed by atoms with van der Waals surface area (Å²) in [5.41, 5.74) is 0. The van der Waals surface area contributed by atoms with E-state index in [0.29, 0.717) is 6.54 Å². The Kier molecular flexibility index (Phi) is 6.28. The number of nitrogens with zero attached hydrogens (tertiary/aromatic N) is 2. The molecular formula is C13H24N4O. The third kappa shape index (κ3) is 4.41. The van der Waals surface area contributed by atoms with Gasteiger partial charge in [-0.1, -0.05) is 0 Å². The summed E-state index contributed by atoms with van der Waals surface area (Å²) in [6.07, 6.45) is 1.70. The van der Waals surface area contributed by atoms with Gasteiger partial charge in [-0.3, -0.25) is 9.89 Å². The molecule has 102 valence electrons. The maximum atomic E-state index is 5.46. The van der Waals surface area contributed by atoms with E-state index >= 15 is 0 Å². The van der Waals surface area contributed by atoms with Gasteiger partial charge in [0.25, 0.3) is 0 Å². The predicted octanol–water partition coefficient (Wildman–Crippen LogP) is 1.46. The Morgan fingerprint density at radius 1 is 1.33 bits per heavy atom. The van der Waals surface area contributed by atoms with Gasteiger partial charge in [0, 0.05) is 13.1 Å². The molecule has 0 saturated carbocycles. The first-order valence-electron chi connectivity index (χ1n) is 6.41. The van der Waals surface area contributed by atoms with Crippen LogP contribution in [-0.4, -0.2) is 44.6 Å². The summed E-state index contributed by atoms with van der Waals surface area (Å²) in [5, 5.41) is 6.43. The van der Waals surface area contributed by atoms with E-state index in [1.807, 2.05) is 26.2 Å². The molecule has 1 rings (SSSR count). The fraction of sp³-hybridized carbons (Fsp3) is 0.615. The first-order valence-corrected chi connectivity index (χ1v) is 6.41. The van der Waals surface area contributed by atoms with Crippen LogP contribution in [-0.2, 0) is 0 Å². The van der Waals surface area contributed by atoms with Gasteiger partial charge in [-0.2, -0.15) is 0 Å². The second-order valence-corrected chi connectivity index (χ2v) is 4.24. The highest BCUT2D eigenvalue weighted by molar-refractivity contribution is 5.79. The van der Waals surface area contributed by atoms with Crippen molar-refractivity contribution in [3.8, 4) is 0 Å². The average Bonchev–Trinajstić information content (AvgIpc) is 2.83. The minimum absolute atomic E-state index is 0.160. The lowest BCUT2D eigenvalue weighted by atomic mass is 10.2. The molecule has 0 aliphatic carbocycles. The maximum absolute atomic E-state index is 5.46. The molecule has 0 aromatic carbocycles. The zero-order valence-electron chi connectivity index (χ0n) is 11.7. The van der Waals surface area contributed by atoms with Gasteiger partial charge in [-0.15, -0.1) is 0 Å². The van der Waals surface area contributed by atoms with E-state index in [1.165, 1.54) is 0 Å². The Labute approximate surface area is 109 Å². The normalized spacial score (nSPS) is 12.3. The molecule has 1 unspecified atom stereocenters. The third-order valence-corrected chi connectivity index (χ3v) is 2.61. The van der Waals surface area contributed by atoms with Gasteiger partial charge in [0.15, 0.2) is 5.96 Å². The molecule has 1 atom stereocenters. The topological polar surface area (TPSA) is 52.8 Å². The van der Waals surface area contributed by atoms with Crippen molar-refractivity contribution in [2.24, 2.45) is 4.99 Å². The zero-order valence-corrected chi connectivity index (χ0v) is 11.7. The Bertz CT molecular complexity index is 338. The Hall–Kier alpha value is -1.49. The molecule has 0 aliphatic heterocycles. The summed E-state index contributed by atoms with van der Waals surface area (Å²) in [7, 11) is 4.06. The van der Waals surface area contributed by atoms with Crippen LogP contribution in [0.2, 0.25) is 0 Å². The molecule has 0 amide bonds. The van der Waals surface area contributed by atoms with Gasteiger partial charge in [0.1, 0.15) is 5.76 Å². The quantitative estimate of drug-likeness (QED) is 0.594. The van der Waals surface area contributed by atoms with Crippen LogP contribution < -0.4 is 10.6 Å². The number of rotatable bonds is 6. The first-order chi connectivity index (χ1) is 8.69. The number of hydrogen-bond acceptors (Lipinski definition) is 3. The number of likely N-dealkylation sites (N-methyl/N-ethyl adjacent to an activating group) is 1. The smallest absolute Gasteiger partial charge is 0.191 e. The highest BCUT2D eigenvalue weighted by Crippen LogP contribution is 2.18. The van der Waals surface area contributed by atoms with E-state index < -0.39 is 0 Å². The van der Waals surface area contributed by atoms with Crippen LogP contribution >= 0.6 is 0 Å². The molecule has 1 heterocycles. The van der Waals surface area contributed by atoms with Crippen LogP contribution in [0.3, 0.4) is 0 Å². The summed E-state index contributed by atoms with van der Waals surface area (Å²) in [6, 6.07) is 4.05. The summed E-state index contributed by atoms with van der Waals surface area (Å²) in [4.78, 5) is 6.68. The van der Waals surface area contributed by atoms with Crippen LogP contribution in [0.25, 0.3) is 0 Å². The van der Waals surface area contributed by atoms with Gasteiger partial charge < -0.3 is 15.1 Å². The Morgan fingerprint density at radius 3 is 2.44 bits per heavy atom. The van der Waals surface area contributed by atoms with Crippen LogP contribution in [0.4, 0.5) is 0 Å². The van der Waals surface area contributed by atoms with Crippen LogP contribution in [0.5, 0.6) is 0 Å². The molecule has 1 aromatic rings.